The highest BCUT2D eigenvalue weighted by Crippen LogP contribution is 2.29. The second kappa shape index (κ2) is 2.68. The van der Waals surface area contributed by atoms with Crippen LogP contribution >= 0.6 is 0 Å². The first kappa shape index (κ1) is 8.47. The van der Waals surface area contributed by atoms with Crippen LogP contribution in [0.5, 0.6) is 0 Å². The van der Waals surface area contributed by atoms with Crippen molar-refractivity contribution in [1.29, 1.82) is 0 Å². The molecule has 4 nitrogen and oxygen atoms in total. The van der Waals surface area contributed by atoms with Crippen molar-refractivity contribution in [3.63, 3.8) is 0 Å². The van der Waals surface area contributed by atoms with Crippen molar-refractivity contribution in [1.82, 2.24) is 5.32 Å². The highest BCUT2D eigenvalue weighted by atomic mass is 32.2. The SMILES string of the molecule is NS(=O)(=O)C1CC2CCC(C1)N2. The number of nitrogens with two attached hydrogens (primary N) is 1. The van der Waals surface area contributed by atoms with E-state index in [1.54, 1.807) is 0 Å². The van der Waals surface area contributed by atoms with E-state index in [1.165, 1.54) is 0 Å². The largest absolute Gasteiger partial charge is 0.311 e. The molecular weight excluding hydrogens is 176 g/mol. The molecule has 0 radical (unpaired) electrons. The van der Waals surface area contributed by atoms with Crippen molar-refractivity contribution < 1.29 is 8.42 Å². The molecule has 2 fully saturated rings. The minimum Gasteiger partial charge on any atom is -0.311 e. The number of nitrogens with one attached hydrogen (secondary N) is 1. The smallest absolute Gasteiger partial charge is 0.212 e. The molecule has 5 heteroatoms. The molecule has 0 aromatic heterocycles. The fourth-order valence-electron chi connectivity index (χ4n) is 2.27. The van der Waals surface area contributed by atoms with Gasteiger partial charge in [-0.25, -0.2) is 13.6 Å². The van der Waals surface area contributed by atoms with Gasteiger partial charge in [-0.15, -0.1) is 0 Å². The Hall–Kier alpha value is -0.130. The summed E-state index contributed by atoms with van der Waals surface area (Å²) in [5.41, 5.74) is 0. The third-order valence-corrected chi connectivity index (χ3v) is 4.21. The Morgan fingerprint density at radius 2 is 1.67 bits per heavy atom. The van der Waals surface area contributed by atoms with Gasteiger partial charge in [-0.3, -0.25) is 0 Å². The Bertz CT molecular complexity index is 263. The van der Waals surface area contributed by atoms with E-state index in [1.807, 2.05) is 0 Å². The van der Waals surface area contributed by atoms with Gasteiger partial charge in [0.25, 0.3) is 0 Å². The monoisotopic (exact) mass is 190 g/mol. The molecule has 0 spiro atoms. The van der Waals surface area contributed by atoms with Gasteiger partial charge in [0.2, 0.25) is 10.0 Å². The first-order valence-electron chi connectivity index (χ1n) is 4.33. The quantitative estimate of drug-likeness (QED) is 0.588. The van der Waals surface area contributed by atoms with Crippen LogP contribution in [0.3, 0.4) is 0 Å². The maximum Gasteiger partial charge on any atom is 0.212 e. The molecule has 12 heavy (non-hydrogen) atoms. The Kier molecular flexibility index (Phi) is 1.89. The Morgan fingerprint density at radius 1 is 1.17 bits per heavy atom. The first-order chi connectivity index (χ1) is 5.55. The summed E-state index contributed by atoms with van der Waals surface area (Å²) in [6.45, 7) is 0. The zero-order chi connectivity index (χ0) is 8.77. The lowest BCUT2D eigenvalue weighted by Gasteiger charge is -2.27. The number of hydrogen-bond donors (Lipinski definition) is 2. The molecule has 3 N–H and O–H groups in total. The summed E-state index contributed by atoms with van der Waals surface area (Å²) in [5, 5.41) is 8.18. The van der Waals surface area contributed by atoms with Crippen molar-refractivity contribution in [3.8, 4) is 0 Å². The molecule has 0 amide bonds. The van der Waals surface area contributed by atoms with Crippen LogP contribution in [0.2, 0.25) is 0 Å². The first-order valence-corrected chi connectivity index (χ1v) is 5.94. The highest BCUT2D eigenvalue weighted by Gasteiger charge is 2.37. The van der Waals surface area contributed by atoms with Gasteiger partial charge in [0.1, 0.15) is 0 Å². The second-order valence-electron chi connectivity index (χ2n) is 3.82. The van der Waals surface area contributed by atoms with Crippen LogP contribution < -0.4 is 10.5 Å². The van der Waals surface area contributed by atoms with Gasteiger partial charge in [-0.1, -0.05) is 0 Å². The molecule has 0 aliphatic carbocycles. The van der Waals surface area contributed by atoms with E-state index in [4.69, 9.17) is 5.14 Å². The highest BCUT2D eigenvalue weighted by molar-refractivity contribution is 7.89. The third-order valence-electron chi connectivity index (χ3n) is 2.89. The van der Waals surface area contributed by atoms with Gasteiger partial charge in [-0.2, -0.15) is 0 Å². The van der Waals surface area contributed by atoms with Crippen molar-refractivity contribution in [2.24, 2.45) is 5.14 Å². The summed E-state index contributed by atoms with van der Waals surface area (Å²) in [7, 11) is -3.29. The van der Waals surface area contributed by atoms with Gasteiger partial charge in [0, 0.05) is 12.1 Å². The van der Waals surface area contributed by atoms with Gasteiger partial charge >= 0.3 is 0 Å². The van der Waals surface area contributed by atoms with Gasteiger partial charge in [-0.05, 0) is 25.7 Å². The topological polar surface area (TPSA) is 72.2 Å². The van der Waals surface area contributed by atoms with Crippen LogP contribution in [-0.2, 0) is 10.0 Å². The molecule has 0 aromatic carbocycles. The molecule has 2 bridgehead atoms. The van der Waals surface area contributed by atoms with Crippen molar-refractivity contribution in [2.45, 2.75) is 43.0 Å². The minimum atomic E-state index is -3.29. The molecule has 2 rings (SSSR count). The molecule has 2 saturated heterocycles. The van der Waals surface area contributed by atoms with Gasteiger partial charge in [0.15, 0.2) is 0 Å². The maximum atomic E-state index is 11.1. The van der Waals surface area contributed by atoms with Crippen LogP contribution in [0.15, 0.2) is 0 Å². The number of piperidine rings is 1. The average Bonchev–Trinajstić information content (AvgIpc) is 2.28. The lowest BCUT2D eigenvalue weighted by molar-refractivity contribution is 0.401. The van der Waals surface area contributed by atoms with E-state index in [0.717, 1.165) is 12.8 Å². The number of sulfonamides is 1. The predicted molar refractivity (Wildman–Crippen MR) is 46.1 cm³/mol. The van der Waals surface area contributed by atoms with Gasteiger partial charge in [0.05, 0.1) is 5.25 Å². The number of fused-ring (bicyclic) bond motifs is 2. The van der Waals surface area contributed by atoms with Crippen LogP contribution in [-0.4, -0.2) is 25.8 Å². The molecule has 2 aliphatic heterocycles. The standard InChI is InChI=1S/C7H14N2O2S/c8-12(10,11)7-3-5-1-2-6(4-7)9-5/h5-7,9H,1-4H2,(H2,8,10,11). The number of primary sulfonamides is 1. The van der Waals surface area contributed by atoms with Crippen molar-refractivity contribution in [3.05, 3.63) is 0 Å². The van der Waals surface area contributed by atoms with Crippen molar-refractivity contribution >= 4 is 10.0 Å². The zero-order valence-electron chi connectivity index (χ0n) is 6.86. The third kappa shape index (κ3) is 1.48. The molecule has 2 heterocycles. The molecule has 2 unspecified atom stereocenters. The Balaban J connectivity index is 2.13. The van der Waals surface area contributed by atoms with E-state index in [2.05, 4.69) is 5.32 Å². The van der Waals surface area contributed by atoms with E-state index >= 15 is 0 Å². The Labute approximate surface area is 72.6 Å². The molecule has 70 valence electrons. The van der Waals surface area contributed by atoms with E-state index in [9.17, 15) is 8.42 Å². The molecule has 2 atom stereocenters. The second-order valence-corrected chi connectivity index (χ2v) is 5.67. The summed E-state index contributed by atoms with van der Waals surface area (Å²) in [4.78, 5) is 0. The molecule has 2 aliphatic rings. The molecule has 0 saturated carbocycles. The number of hydrogen-bond acceptors (Lipinski definition) is 3. The molecule has 0 aromatic rings. The normalized spacial score (nSPS) is 41.6. The maximum absolute atomic E-state index is 11.1. The van der Waals surface area contributed by atoms with Crippen molar-refractivity contribution in [2.75, 3.05) is 0 Å². The number of rotatable bonds is 1. The van der Waals surface area contributed by atoms with Crippen LogP contribution in [0.4, 0.5) is 0 Å². The fraction of sp³-hybridized carbons (Fsp3) is 1.00. The van der Waals surface area contributed by atoms with E-state index < -0.39 is 10.0 Å². The van der Waals surface area contributed by atoms with E-state index in [0.29, 0.717) is 24.9 Å². The minimum absolute atomic E-state index is 0.295. The van der Waals surface area contributed by atoms with Crippen LogP contribution in [0, 0.1) is 0 Å². The average molecular weight is 190 g/mol. The summed E-state index contributed by atoms with van der Waals surface area (Å²) in [6.07, 6.45) is 3.62. The van der Waals surface area contributed by atoms with Crippen LogP contribution in [0.1, 0.15) is 25.7 Å². The Morgan fingerprint density at radius 3 is 2.08 bits per heavy atom. The zero-order valence-corrected chi connectivity index (χ0v) is 7.68. The lowest BCUT2D eigenvalue weighted by atomic mass is 10.1. The summed E-state index contributed by atoms with van der Waals surface area (Å²) in [5.74, 6) is 0. The summed E-state index contributed by atoms with van der Waals surface area (Å²) >= 11 is 0. The fourth-order valence-corrected chi connectivity index (χ4v) is 3.27. The summed E-state index contributed by atoms with van der Waals surface area (Å²) < 4.78 is 22.1. The predicted octanol–water partition coefficient (Wildman–Crippen LogP) is -0.442. The van der Waals surface area contributed by atoms with Crippen LogP contribution in [0.25, 0.3) is 0 Å². The van der Waals surface area contributed by atoms with Gasteiger partial charge < -0.3 is 5.32 Å². The lowest BCUT2D eigenvalue weighted by Crippen LogP contribution is -2.45. The van der Waals surface area contributed by atoms with E-state index in [-0.39, 0.29) is 5.25 Å². The summed E-state index contributed by atoms with van der Waals surface area (Å²) in [6, 6.07) is 0.791. The molecular formula is C7H14N2O2S.